The van der Waals surface area contributed by atoms with E-state index in [1.54, 1.807) is 0 Å². The second-order valence-electron chi connectivity index (χ2n) is 6.95. The van der Waals surface area contributed by atoms with E-state index in [1.807, 2.05) is 31.2 Å². The maximum atomic E-state index is 13.4. The monoisotopic (exact) mass is 530 g/mol. The molecule has 0 unspecified atom stereocenters. The molecule has 5 nitrogen and oxygen atoms in total. The molecule has 0 bridgehead atoms. The maximum absolute atomic E-state index is 13.4. The Balaban J connectivity index is 1.92. The molecule has 32 heavy (non-hydrogen) atoms. The van der Waals surface area contributed by atoms with Crippen molar-refractivity contribution in [3.05, 3.63) is 91.9 Å². The van der Waals surface area contributed by atoms with Crippen molar-refractivity contribution in [2.75, 3.05) is 11.9 Å². The standard InChI is InChI=1S/C22H18Cl4N2O3S/c1-14-4-2-3-5-15(14)12-28(32(30,31)17-8-6-16(23)7-9-17)13-22(29)27-21-11-19(25)18(24)10-20(21)26/h2-11H,12-13H2,1H3,(H,27,29). The molecule has 0 aromatic heterocycles. The average Bonchev–Trinajstić information content (AvgIpc) is 2.73. The number of halogens is 4. The first-order valence-electron chi connectivity index (χ1n) is 9.32. The fourth-order valence-electron chi connectivity index (χ4n) is 2.93. The number of carbonyl (C=O) groups is 1. The third-order valence-electron chi connectivity index (χ3n) is 4.66. The van der Waals surface area contributed by atoms with Gasteiger partial charge in [0.25, 0.3) is 0 Å². The first-order chi connectivity index (χ1) is 15.1. The Labute approximate surface area is 206 Å². The van der Waals surface area contributed by atoms with Gasteiger partial charge in [-0.15, -0.1) is 0 Å². The lowest BCUT2D eigenvalue weighted by Gasteiger charge is -2.23. The molecule has 3 aromatic rings. The molecule has 10 heteroatoms. The van der Waals surface area contributed by atoms with Crippen LogP contribution >= 0.6 is 46.4 Å². The number of carbonyl (C=O) groups excluding carboxylic acids is 1. The van der Waals surface area contributed by atoms with Gasteiger partial charge >= 0.3 is 0 Å². The third kappa shape index (κ3) is 5.95. The van der Waals surface area contributed by atoms with Crippen molar-refractivity contribution in [2.45, 2.75) is 18.4 Å². The lowest BCUT2D eigenvalue weighted by molar-refractivity contribution is -0.116. The molecule has 3 rings (SSSR count). The molecule has 1 amide bonds. The normalized spacial score (nSPS) is 11.6. The predicted octanol–water partition coefficient (Wildman–Crippen LogP) is 6.44. The first-order valence-corrected chi connectivity index (χ1v) is 12.3. The highest BCUT2D eigenvalue weighted by Crippen LogP contribution is 2.32. The Bertz CT molecular complexity index is 1250. The van der Waals surface area contributed by atoms with Gasteiger partial charge in [0.15, 0.2) is 0 Å². The van der Waals surface area contributed by atoms with E-state index in [1.165, 1.54) is 36.4 Å². The number of aryl methyl sites for hydroxylation is 1. The number of nitrogens with zero attached hydrogens (tertiary/aromatic N) is 1. The van der Waals surface area contributed by atoms with E-state index in [2.05, 4.69) is 5.32 Å². The van der Waals surface area contributed by atoms with E-state index in [0.29, 0.717) is 5.02 Å². The minimum Gasteiger partial charge on any atom is -0.324 e. The van der Waals surface area contributed by atoms with E-state index in [-0.39, 0.29) is 32.2 Å². The van der Waals surface area contributed by atoms with Gasteiger partial charge in [-0.3, -0.25) is 4.79 Å². The molecule has 0 aliphatic rings. The summed E-state index contributed by atoms with van der Waals surface area (Å²) in [6, 6.07) is 15.9. The number of benzene rings is 3. The minimum atomic E-state index is -4.01. The van der Waals surface area contributed by atoms with Crippen LogP contribution in [0.25, 0.3) is 0 Å². The van der Waals surface area contributed by atoms with Crippen LogP contribution in [-0.4, -0.2) is 25.2 Å². The molecule has 0 aliphatic carbocycles. The molecule has 0 radical (unpaired) electrons. The van der Waals surface area contributed by atoms with E-state index in [9.17, 15) is 13.2 Å². The summed E-state index contributed by atoms with van der Waals surface area (Å²) in [6.07, 6.45) is 0. The second kappa shape index (κ2) is 10.4. The number of amides is 1. The quantitative estimate of drug-likeness (QED) is 0.357. The molecule has 1 N–H and O–H groups in total. The van der Waals surface area contributed by atoms with Crippen LogP contribution in [0.4, 0.5) is 5.69 Å². The van der Waals surface area contributed by atoms with Crippen LogP contribution in [0.5, 0.6) is 0 Å². The van der Waals surface area contributed by atoms with Gasteiger partial charge in [-0.2, -0.15) is 4.31 Å². The van der Waals surface area contributed by atoms with Gasteiger partial charge in [0.05, 0.1) is 32.2 Å². The van der Waals surface area contributed by atoms with Crippen LogP contribution in [0, 0.1) is 6.92 Å². The molecule has 0 atom stereocenters. The number of rotatable bonds is 7. The topological polar surface area (TPSA) is 66.5 Å². The van der Waals surface area contributed by atoms with Crippen LogP contribution in [0.1, 0.15) is 11.1 Å². The Hall–Kier alpha value is -1.80. The highest BCUT2D eigenvalue weighted by molar-refractivity contribution is 7.89. The zero-order chi connectivity index (χ0) is 23.5. The second-order valence-corrected chi connectivity index (χ2v) is 10.5. The number of anilines is 1. The molecule has 168 valence electrons. The van der Waals surface area contributed by atoms with Gasteiger partial charge in [0.2, 0.25) is 15.9 Å². The van der Waals surface area contributed by atoms with Crippen molar-refractivity contribution >= 4 is 68.0 Å². The van der Waals surface area contributed by atoms with Gasteiger partial charge in [-0.25, -0.2) is 8.42 Å². The summed E-state index contributed by atoms with van der Waals surface area (Å²) in [7, 11) is -4.01. The van der Waals surface area contributed by atoms with E-state index in [0.717, 1.165) is 15.4 Å². The van der Waals surface area contributed by atoms with Crippen LogP contribution in [-0.2, 0) is 21.4 Å². The van der Waals surface area contributed by atoms with Crippen molar-refractivity contribution in [2.24, 2.45) is 0 Å². The summed E-state index contributed by atoms with van der Waals surface area (Å²) >= 11 is 24.0. The molecule has 0 saturated carbocycles. The molecule has 3 aromatic carbocycles. The highest BCUT2D eigenvalue weighted by Gasteiger charge is 2.27. The van der Waals surface area contributed by atoms with Crippen molar-refractivity contribution in [3.8, 4) is 0 Å². The summed E-state index contributed by atoms with van der Waals surface area (Å²) in [4.78, 5) is 12.8. The zero-order valence-corrected chi connectivity index (χ0v) is 20.6. The Morgan fingerprint density at radius 2 is 1.53 bits per heavy atom. The molecule has 0 heterocycles. The van der Waals surface area contributed by atoms with E-state index in [4.69, 9.17) is 46.4 Å². The average molecular weight is 532 g/mol. The highest BCUT2D eigenvalue weighted by atomic mass is 35.5. The Morgan fingerprint density at radius 1 is 0.906 bits per heavy atom. The van der Waals surface area contributed by atoms with Gasteiger partial charge in [-0.05, 0) is 54.4 Å². The lowest BCUT2D eigenvalue weighted by Crippen LogP contribution is -2.37. The van der Waals surface area contributed by atoms with Gasteiger partial charge in [-0.1, -0.05) is 70.7 Å². The molecule has 0 fully saturated rings. The zero-order valence-electron chi connectivity index (χ0n) is 16.8. The van der Waals surface area contributed by atoms with Crippen LogP contribution in [0.15, 0.2) is 65.6 Å². The minimum absolute atomic E-state index is 0.000158. The smallest absolute Gasteiger partial charge is 0.243 e. The van der Waals surface area contributed by atoms with E-state index >= 15 is 0 Å². The summed E-state index contributed by atoms with van der Waals surface area (Å²) in [5, 5.41) is 3.63. The fourth-order valence-corrected chi connectivity index (χ4v) is 5.02. The molecule has 0 spiro atoms. The van der Waals surface area contributed by atoms with Gasteiger partial charge in [0, 0.05) is 11.6 Å². The Morgan fingerprint density at radius 3 is 2.19 bits per heavy atom. The molecular formula is C22H18Cl4N2O3S. The lowest BCUT2D eigenvalue weighted by atomic mass is 10.1. The summed E-state index contributed by atoms with van der Waals surface area (Å²) in [5.74, 6) is -0.587. The fraction of sp³-hybridized carbons (Fsp3) is 0.136. The first kappa shape index (κ1) is 24.8. The molecule has 0 saturated heterocycles. The summed E-state index contributed by atoms with van der Waals surface area (Å²) < 4.78 is 27.8. The Kier molecular flexibility index (Phi) is 8.09. The van der Waals surface area contributed by atoms with Crippen LogP contribution in [0.2, 0.25) is 20.1 Å². The van der Waals surface area contributed by atoms with Crippen molar-refractivity contribution in [1.82, 2.24) is 4.31 Å². The largest absolute Gasteiger partial charge is 0.324 e. The maximum Gasteiger partial charge on any atom is 0.243 e. The summed E-state index contributed by atoms with van der Waals surface area (Å²) in [5.41, 5.74) is 1.90. The third-order valence-corrected chi connectivity index (χ3v) is 7.76. The molecule has 0 aliphatic heterocycles. The van der Waals surface area contributed by atoms with Crippen molar-refractivity contribution in [1.29, 1.82) is 0 Å². The van der Waals surface area contributed by atoms with Gasteiger partial charge < -0.3 is 5.32 Å². The summed E-state index contributed by atoms with van der Waals surface area (Å²) in [6.45, 7) is 1.42. The predicted molar refractivity (Wildman–Crippen MR) is 130 cm³/mol. The number of hydrogen-bond donors (Lipinski definition) is 1. The number of nitrogens with one attached hydrogen (secondary N) is 1. The van der Waals surface area contributed by atoms with Crippen LogP contribution in [0.3, 0.4) is 0 Å². The number of hydrogen-bond acceptors (Lipinski definition) is 3. The SMILES string of the molecule is Cc1ccccc1CN(CC(=O)Nc1cc(Cl)c(Cl)cc1Cl)S(=O)(=O)c1ccc(Cl)cc1. The van der Waals surface area contributed by atoms with Crippen molar-refractivity contribution in [3.63, 3.8) is 0 Å². The number of sulfonamides is 1. The molecular weight excluding hydrogens is 514 g/mol. The van der Waals surface area contributed by atoms with Crippen molar-refractivity contribution < 1.29 is 13.2 Å². The van der Waals surface area contributed by atoms with Gasteiger partial charge in [0.1, 0.15) is 0 Å². The van der Waals surface area contributed by atoms with Crippen LogP contribution < -0.4 is 5.32 Å². The van der Waals surface area contributed by atoms with E-state index < -0.39 is 22.5 Å².